The summed E-state index contributed by atoms with van der Waals surface area (Å²) in [4.78, 5) is 22.7. The summed E-state index contributed by atoms with van der Waals surface area (Å²) in [7, 11) is 0. The largest absolute Gasteiger partial charge is 0.396 e. The number of aliphatic hydroxyl groups excluding tert-OH is 1. The van der Waals surface area contributed by atoms with Gasteiger partial charge in [0.05, 0.1) is 12.5 Å². The molecule has 5 nitrogen and oxygen atoms in total. The first-order valence-electron chi connectivity index (χ1n) is 5.80. The highest BCUT2D eigenvalue weighted by atomic mass is 16.3. The SMILES string of the molecule is CCCNC(=O)C(CO)CCC(=O)NCC. The molecule has 94 valence electrons. The highest BCUT2D eigenvalue weighted by molar-refractivity contribution is 5.80. The second kappa shape index (κ2) is 9.15. The van der Waals surface area contributed by atoms with Gasteiger partial charge in [0.15, 0.2) is 0 Å². The van der Waals surface area contributed by atoms with Gasteiger partial charge >= 0.3 is 0 Å². The van der Waals surface area contributed by atoms with Crippen LogP contribution in [0.15, 0.2) is 0 Å². The second-order valence-electron chi connectivity index (χ2n) is 3.66. The first-order valence-corrected chi connectivity index (χ1v) is 5.80. The van der Waals surface area contributed by atoms with Crippen molar-refractivity contribution >= 4 is 11.8 Å². The predicted octanol–water partition coefficient (Wildman–Crippen LogP) is 0.0374. The van der Waals surface area contributed by atoms with E-state index in [1.165, 1.54) is 0 Å². The Bertz CT molecular complexity index is 219. The van der Waals surface area contributed by atoms with Crippen LogP contribution in [0.25, 0.3) is 0 Å². The molecule has 2 amide bonds. The van der Waals surface area contributed by atoms with Gasteiger partial charge in [-0.05, 0) is 19.8 Å². The van der Waals surface area contributed by atoms with Gasteiger partial charge in [-0.25, -0.2) is 0 Å². The fraction of sp³-hybridized carbons (Fsp3) is 0.818. The average Bonchev–Trinajstić information content (AvgIpc) is 2.27. The fourth-order valence-electron chi connectivity index (χ4n) is 1.29. The third-order valence-electron chi connectivity index (χ3n) is 2.23. The van der Waals surface area contributed by atoms with E-state index >= 15 is 0 Å². The highest BCUT2D eigenvalue weighted by Crippen LogP contribution is 2.05. The van der Waals surface area contributed by atoms with Gasteiger partial charge in [-0.1, -0.05) is 6.92 Å². The molecule has 0 saturated heterocycles. The first kappa shape index (κ1) is 14.9. The monoisotopic (exact) mass is 230 g/mol. The number of aliphatic hydroxyl groups is 1. The van der Waals surface area contributed by atoms with E-state index in [9.17, 15) is 9.59 Å². The van der Waals surface area contributed by atoms with Crippen LogP contribution < -0.4 is 10.6 Å². The Kier molecular flexibility index (Phi) is 8.52. The van der Waals surface area contributed by atoms with Crippen LogP contribution in [0.3, 0.4) is 0 Å². The standard InChI is InChI=1S/C11H22N2O3/c1-3-7-13-11(16)9(8-14)5-6-10(15)12-4-2/h9,14H,3-8H2,1-2H3,(H,12,15)(H,13,16). The van der Waals surface area contributed by atoms with Crippen molar-refractivity contribution in [1.82, 2.24) is 10.6 Å². The van der Waals surface area contributed by atoms with Gasteiger partial charge < -0.3 is 15.7 Å². The van der Waals surface area contributed by atoms with Gasteiger partial charge in [-0.3, -0.25) is 9.59 Å². The van der Waals surface area contributed by atoms with Crippen molar-refractivity contribution in [3.05, 3.63) is 0 Å². The third kappa shape index (κ3) is 6.40. The zero-order chi connectivity index (χ0) is 12.4. The summed E-state index contributed by atoms with van der Waals surface area (Å²) in [6, 6.07) is 0. The van der Waals surface area contributed by atoms with Crippen LogP contribution in [-0.2, 0) is 9.59 Å². The van der Waals surface area contributed by atoms with Crippen LogP contribution in [-0.4, -0.2) is 36.6 Å². The van der Waals surface area contributed by atoms with Crippen molar-refractivity contribution in [2.24, 2.45) is 5.92 Å². The van der Waals surface area contributed by atoms with Crippen LogP contribution in [0.5, 0.6) is 0 Å². The van der Waals surface area contributed by atoms with Crippen molar-refractivity contribution in [3.8, 4) is 0 Å². The number of carbonyl (C=O) groups excluding carboxylic acids is 2. The first-order chi connectivity index (χ1) is 7.65. The van der Waals surface area contributed by atoms with Crippen LogP contribution in [0.2, 0.25) is 0 Å². The van der Waals surface area contributed by atoms with Crippen LogP contribution in [0.1, 0.15) is 33.1 Å². The number of hydrogen-bond acceptors (Lipinski definition) is 3. The summed E-state index contributed by atoms with van der Waals surface area (Å²) in [5, 5.41) is 14.4. The highest BCUT2D eigenvalue weighted by Gasteiger charge is 2.17. The number of nitrogens with one attached hydrogen (secondary N) is 2. The van der Waals surface area contributed by atoms with Crippen molar-refractivity contribution in [2.45, 2.75) is 33.1 Å². The molecule has 0 aromatic rings. The van der Waals surface area contributed by atoms with E-state index in [-0.39, 0.29) is 24.8 Å². The molecular formula is C11H22N2O3. The number of rotatable bonds is 8. The van der Waals surface area contributed by atoms with Gasteiger partial charge in [-0.15, -0.1) is 0 Å². The number of hydrogen-bond donors (Lipinski definition) is 3. The predicted molar refractivity (Wildman–Crippen MR) is 61.8 cm³/mol. The molecule has 0 aliphatic rings. The zero-order valence-corrected chi connectivity index (χ0v) is 10.1. The lowest BCUT2D eigenvalue weighted by Gasteiger charge is -2.13. The van der Waals surface area contributed by atoms with E-state index in [1.807, 2.05) is 13.8 Å². The van der Waals surface area contributed by atoms with E-state index < -0.39 is 5.92 Å². The van der Waals surface area contributed by atoms with Gasteiger partial charge in [0, 0.05) is 19.5 Å². The van der Waals surface area contributed by atoms with Gasteiger partial charge in [0.1, 0.15) is 0 Å². The maximum Gasteiger partial charge on any atom is 0.225 e. The molecule has 0 spiro atoms. The fourth-order valence-corrected chi connectivity index (χ4v) is 1.29. The minimum absolute atomic E-state index is 0.0794. The van der Waals surface area contributed by atoms with E-state index in [4.69, 9.17) is 5.11 Å². The molecule has 0 bridgehead atoms. The Labute approximate surface area is 96.6 Å². The Morgan fingerprint density at radius 3 is 2.44 bits per heavy atom. The minimum Gasteiger partial charge on any atom is -0.396 e. The molecule has 0 heterocycles. The lowest BCUT2D eigenvalue weighted by atomic mass is 10.0. The van der Waals surface area contributed by atoms with Gasteiger partial charge in [0.2, 0.25) is 11.8 Å². The summed E-state index contributed by atoms with van der Waals surface area (Å²) in [6.45, 7) is 4.79. The lowest BCUT2D eigenvalue weighted by Crippen LogP contribution is -2.34. The second-order valence-corrected chi connectivity index (χ2v) is 3.66. The molecule has 0 aromatic heterocycles. The summed E-state index contributed by atoms with van der Waals surface area (Å²) in [5.74, 6) is -0.730. The average molecular weight is 230 g/mol. The molecule has 0 aromatic carbocycles. The molecular weight excluding hydrogens is 208 g/mol. The number of carbonyl (C=O) groups is 2. The van der Waals surface area contributed by atoms with E-state index in [1.54, 1.807) is 0 Å². The van der Waals surface area contributed by atoms with E-state index in [2.05, 4.69) is 10.6 Å². The molecule has 16 heavy (non-hydrogen) atoms. The third-order valence-corrected chi connectivity index (χ3v) is 2.23. The molecule has 1 atom stereocenters. The Morgan fingerprint density at radius 1 is 1.25 bits per heavy atom. The molecule has 1 unspecified atom stereocenters. The summed E-state index contributed by atoms with van der Waals surface area (Å²) >= 11 is 0. The Hall–Kier alpha value is -1.10. The lowest BCUT2D eigenvalue weighted by molar-refractivity contribution is -0.127. The van der Waals surface area contributed by atoms with E-state index in [0.29, 0.717) is 19.5 Å². The summed E-state index contributed by atoms with van der Waals surface area (Å²) in [5.41, 5.74) is 0. The smallest absolute Gasteiger partial charge is 0.225 e. The molecule has 3 N–H and O–H groups in total. The van der Waals surface area contributed by atoms with Crippen molar-refractivity contribution < 1.29 is 14.7 Å². The van der Waals surface area contributed by atoms with Crippen molar-refractivity contribution in [3.63, 3.8) is 0 Å². The quantitative estimate of drug-likeness (QED) is 0.551. The zero-order valence-electron chi connectivity index (χ0n) is 10.1. The van der Waals surface area contributed by atoms with Crippen LogP contribution in [0, 0.1) is 5.92 Å². The minimum atomic E-state index is -0.478. The van der Waals surface area contributed by atoms with E-state index in [0.717, 1.165) is 6.42 Å². The maximum absolute atomic E-state index is 11.5. The molecule has 0 radical (unpaired) electrons. The Balaban J connectivity index is 3.90. The van der Waals surface area contributed by atoms with Crippen molar-refractivity contribution in [2.75, 3.05) is 19.7 Å². The van der Waals surface area contributed by atoms with Crippen LogP contribution >= 0.6 is 0 Å². The Morgan fingerprint density at radius 2 is 1.94 bits per heavy atom. The van der Waals surface area contributed by atoms with Gasteiger partial charge in [0.25, 0.3) is 0 Å². The molecule has 0 aliphatic heterocycles. The maximum atomic E-state index is 11.5. The van der Waals surface area contributed by atoms with Crippen LogP contribution in [0.4, 0.5) is 0 Å². The normalized spacial score (nSPS) is 11.9. The topological polar surface area (TPSA) is 78.4 Å². The number of amides is 2. The molecule has 0 fully saturated rings. The van der Waals surface area contributed by atoms with Crippen molar-refractivity contribution in [1.29, 1.82) is 0 Å². The van der Waals surface area contributed by atoms with Gasteiger partial charge in [-0.2, -0.15) is 0 Å². The molecule has 5 heteroatoms. The molecule has 0 rings (SSSR count). The molecule has 0 aliphatic carbocycles. The molecule has 0 saturated carbocycles. The summed E-state index contributed by atoms with van der Waals surface area (Å²) < 4.78 is 0. The summed E-state index contributed by atoms with van der Waals surface area (Å²) in [6.07, 6.45) is 1.52.